The number of piperidine rings is 1. The van der Waals surface area contributed by atoms with Gasteiger partial charge in [0.15, 0.2) is 6.10 Å². The van der Waals surface area contributed by atoms with Crippen LogP contribution in [0.15, 0.2) is 23.1 Å². The third kappa shape index (κ3) is 3.34. The number of sulfonamides is 1. The van der Waals surface area contributed by atoms with Gasteiger partial charge in [-0.1, -0.05) is 0 Å². The number of ether oxygens (including phenoxy) is 2. The van der Waals surface area contributed by atoms with Gasteiger partial charge in [-0.2, -0.15) is 4.31 Å². The van der Waals surface area contributed by atoms with Crippen molar-refractivity contribution in [3.05, 3.63) is 18.2 Å². The van der Waals surface area contributed by atoms with Gasteiger partial charge in [0.05, 0.1) is 23.6 Å². The molecular formula is C16H20N2O6S. The highest BCUT2D eigenvalue weighted by Crippen LogP contribution is 2.33. The minimum absolute atomic E-state index is 0.0845. The van der Waals surface area contributed by atoms with Crippen LogP contribution in [0.5, 0.6) is 5.75 Å². The lowest BCUT2D eigenvalue weighted by Crippen LogP contribution is -2.40. The molecule has 1 atom stereocenters. The molecule has 1 aromatic carbocycles. The third-order valence-electron chi connectivity index (χ3n) is 4.51. The maximum absolute atomic E-state index is 12.8. The Labute approximate surface area is 146 Å². The van der Waals surface area contributed by atoms with Crippen LogP contribution >= 0.6 is 0 Å². The Hall–Kier alpha value is -2.13. The van der Waals surface area contributed by atoms with E-state index < -0.39 is 16.1 Å². The van der Waals surface area contributed by atoms with E-state index in [1.54, 1.807) is 13.0 Å². The molecule has 0 aliphatic carbocycles. The predicted octanol–water partition coefficient (Wildman–Crippen LogP) is 0.980. The van der Waals surface area contributed by atoms with Crippen LogP contribution in [0.3, 0.4) is 0 Å². The van der Waals surface area contributed by atoms with E-state index in [1.807, 2.05) is 0 Å². The largest absolute Gasteiger partial charge is 0.479 e. The van der Waals surface area contributed by atoms with Crippen molar-refractivity contribution in [3.8, 4) is 5.75 Å². The van der Waals surface area contributed by atoms with Crippen molar-refractivity contribution in [1.82, 2.24) is 4.31 Å². The first kappa shape index (κ1) is 17.7. The monoisotopic (exact) mass is 368 g/mol. The number of amides is 1. The maximum Gasteiger partial charge on any atom is 0.308 e. The van der Waals surface area contributed by atoms with Gasteiger partial charge in [-0.15, -0.1) is 0 Å². The van der Waals surface area contributed by atoms with Crippen LogP contribution in [0.1, 0.15) is 19.8 Å². The van der Waals surface area contributed by atoms with E-state index in [0.717, 1.165) is 0 Å². The molecule has 9 heteroatoms. The molecule has 8 nitrogen and oxygen atoms in total. The quantitative estimate of drug-likeness (QED) is 0.798. The summed E-state index contributed by atoms with van der Waals surface area (Å²) in [5, 5.41) is 2.65. The van der Waals surface area contributed by atoms with E-state index in [9.17, 15) is 18.0 Å². The molecule has 1 aromatic rings. The molecule has 2 aliphatic rings. The van der Waals surface area contributed by atoms with Crippen LogP contribution < -0.4 is 10.1 Å². The zero-order valence-corrected chi connectivity index (χ0v) is 14.8. The summed E-state index contributed by atoms with van der Waals surface area (Å²) >= 11 is 0. The van der Waals surface area contributed by atoms with Crippen molar-refractivity contribution in [2.75, 3.05) is 25.5 Å². The summed E-state index contributed by atoms with van der Waals surface area (Å²) in [5.41, 5.74) is 0.341. The Morgan fingerprint density at radius 3 is 2.64 bits per heavy atom. The minimum Gasteiger partial charge on any atom is -0.479 e. The highest BCUT2D eigenvalue weighted by molar-refractivity contribution is 7.89. The fourth-order valence-electron chi connectivity index (χ4n) is 3.00. The van der Waals surface area contributed by atoms with Crippen molar-refractivity contribution < 1.29 is 27.5 Å². The molecule has 136 valence electrons. The molecule has 0 spiro atoms. The van der Waals surface area contributed by atoms with Crippen LogP contribution in [0.4, 0.5) is 5.69 Å². The van der Waals surface area contributed by atoms with E-state index >= 15 is 0 Å². The second-order valence-corrected chi connectivity index (χ2v) is 8.05. The van der Waals surface area contributed by atoms with Crippen LogP contribution in [-0.2, 0) is 24.3 Å². The number of carbonyl (C=O) groups excluding carboxylic acids is 2. The lowest BCUT2D eigenvalue weighted by molar-refractivity contribution is -0.146. The first-order valence-electron chi connectivity index (χ1n) is 8.02. The molecule has 1 N–H and O–H groups in total. The van der Waals surface area contributed by atoms with Gasteiger partial charge in [-0.25, -0.2) is 8.42 Å². The van der Waals surface area contributed by atoms with Crippen molar-refractivity contribution in [2.24, 2.45) is 5.92 Å². The number of anilines is 1. The zero-order chi connectivity index (χ0) is 18.2. The SMILES string of the molecule is COC(=O)C1CCN(S(=O)(=O)c2ccc3c(c2)NC(=O)C(C)O3)CC1. The Kier molecular flexibility index (Phi) is 4.70. The standard InChI is InChI=1S/C16H20N2O6S/c1-10-15(19)17-13-9-12(3-4-14(13)24-10)25(21,22)18-7-5-11(6-8-18)16(20)23-2/h3-4,9-11H,5-8H2,1-2H3,(H,17,19). The van der Waals surface area contributed by atoms with Gasteiger partial charge in [0, 0.05) is 13.1 Å². The van der Waals surface area contributed by atoms with Gasteiger partial charge >= 0.3 is 5.97 Å². The molecule has 0 radical (unpaired) electrons. The predicted molar refractivity (Wildman–Crippen MR) is 88.7 cm³/mol. The van der Waals surface area contributed by atoms with Gasteiger partial charge in [0.1, 0.15) is 5.75 Å². The first-order valence-corrected chi connectivity index (χ1v) is 9.46. The smallest absolute Gasteiger partial charge is 0.308 e. The van der Waals surface area contributed by atoms with Crippen LogP contribution in [0.2, 0.25) is 0 Å². The number of fused-ring (bicyclic) bond motifs is 1. The van der Waals surface area contributed by atoms with Gasteiger partial charge < -0.3 is 14.8 Å². The number of methoxy groups -OCH3 is 1. The van der Waals surface area contributed by atoms with Crippen LogP contribution in [-0.4, -0.2) is 50.9 Å². The Balaban J connectivity index is 1.79. The molecule has 0 saturated carbocycles. The summed E-state index contributed by atoms with van der Waals surface area (Å²) < 4.78 is 37.1. The minimum atomic E-state index is -3.71. The number of hydrogen-bond donors (Lipinski definition) is 1. The average molecular weight is 368 g/mol. The second-order valence-electron chi connectivity index (χ2n) is 6.11. The van der Waals surface area contributed by atoms with E-state index in [-0.39, 0.29) is 35.8 Å². The second kappa shape index (κ2) is 6.64. The van der Waals surface area contributed by atoms with Crippen LogP contribution in [0, 0.1) is 5.92 Å². The Morgan fingerprint density at radius 2 is 2.00 bits per heavy atom. The van der Waals surface area contributed by atoms with Crippen molar-refractivity contribution in [3.63, 3.8) is 0 Å². The van der Waals surface area contributed by atoms with Gasteiger partial charge in [-0.05, 0) is 38.0 Å². The molecule has 3 rings (SSSR count). The molecule has 1 fully saturated rings. The number of rotatable bonds is 3. The summed E-state index contributed by atoms with van der Waals surface area (Å²) in [4.78, 5) is 23.4. The fourth-order valence-corrected chi connectivity index (χ4v) is 4.49. The van der Waals surface area contributed by atoms with Gasteiger partial charge in [0.25, 0.3) is 5.91 Å². The maximum atomic E-state index is 12.8. The lowest BCUT2D eigenvalue weighted by atomic mass is 9.99. The number of hydrogen-bond acceptors (Lipinski definition) is 6. The summed E-state index contributed by atoms with van der Waals surface area (Å²) in [7, 11) is -2.38. The number of nitrogens with one attached hydrogen (secondary N) is 1. The Morgan fingerprint density at radius 1 is 1.32 bits per heavy atom. The average Bonchev–Trinajstić information content (AvgIpc) is 2.61. The van der Waals surface area contributed by atoms with Crippen molar-refractivity contribution >= 4 is 27.6 Å². The molecule has 0 bridgehead atoms. The summed E-state index contributed by atoms with van der Waals surface area (Å²) in [5.74, 6) is -0.453. The molecule has 25 heavy (non-hydrogen) atoms. The highest BCUT2D eigenvalue weighted by atomic mass is 32.2. The molecule has 1 amide bonds. The number of esters is 1. The zero-order valence-electron chi connectivity index (χ0n) is 14.0. The van der Waals surface area contributed by atoms with Gasteiger partial charge in [-0.3, -0.25) is 9.59 Å². The third-order valence-corrected chi connectivity index (χ3v) is 6.40. The summed E-state index contributed by atoms with van der Waals surface area (Å²) in [6.07, 6.45) is 0.231. The first-order chi connectivity index (χ1) is 11.8. The molecule has 2 heterocycles. The molecule has 2 aliphatic heterocycles. The van der Waals surface area contributed by atoms with E-state index in [1.165, 1.54) is 23.5 Å². The number of nitrogens with zero attached hydrogens (tertiary/aromatic N) is 1. The van der Waals surface area contributed by atoms with Crippen molar-refractivity contribution in [2.45, 2.75) is 30.8 Å². The Bertz CT molecular complexity index is 799. The molecule has 1 saturated heterocycles. The van der Waals surface area contributed by atoms with E-state index in [0.29, 0.717) is 24.3 Å². The highest BCUT2D eigenvalue weighted by Gasteiger charge is 2.33. The fraction of sp³-hybridized carbons (Fsp3) is 0.500. The summed E-state index contributed by atoms with van der Waals surface area (Å²) in [6.45, 7) is 2.12. The molecule has 1 unspecified atom stereocenters. The molecular weight excluding hydrogens is 348 g/mol. The van der Waals surface area contributed by atoms with Gasteiger partial charge in [0.2, 0.25) is 10.0 Å². The van der Waals surface area contributed by atoms with Crippen LogP contribution in [0.25, 0.3) is 0 Å². The van der Waals surface area contributed by atoms with E-state index in [2.05, 4.69) is 5.32 Å². The normalized spacial score (nSPS) is 21.8. The summed E-state index contributed by atoms with van der Waals surface area (Å²) in [6, 6.07) is 4.41. The number of benzene rings is 1. The topological polar surface area (TPSA) is 102 Å². The molecule has 0 aromatic heterocycles. The number of carbonyl (C=O) groups is 2. The lowest BCUT2D eigenvalue weighted by Gasteiger charge is -2.30. The van der Waals surface area contributed by atoms with Crippen molar-refractivity contribution in [1.29, 1.82) is 0 Å². The van der Waals surface area contributed by atoms with E-state index in [4.69, 9.17) is 9.47 Å².